The number of aliphatic hydroxyl groups is 1. The van der Waals surface area contributed by atoms with E-state index in [2.05, 4.69) is 14.9 Å². The Kier molecular flexibility index (Phi) is 3.34. The standard InChI is InChI=1S/C11H13N3O3/c1-17-11(16)8-4-2-6-14-9(5-3-7-15)12-13-10(8)14/h2,4,6,15H,3,5,7H2,1H3. The highest BCUT2D eigenvalue weighted by molar-refractivity contribution is 5.95. The van der Waals surface area contributed by atoms with Gasteiger partial charge in [-0.25, -0.2) is 4.79 Å². The summed E-state index contributed by atoms with van der Waals surface area (Å²) in [6, 6.07) is 3.39. The maximum Gasteiger partial charge on any atom is 0.341 e. The molecule has 2 aromatic rings. The monoisotopic (exact) mass is 235 g/mol. The third-order valence-corrected chi connectivity index (χ3v) is 2.47. The molecule has 2 heterocycles. The van der Waals surface area contributed by atoms with Gasteiger partial charge in [-0.1, -0.05) is 0 Å². The largest absolute Gasteiger partial charge is 0.465 e. The van der Waals surface area contributed by atoms with Crippen molar-refractivity contribution in [3.63, 3.8) is 0 Å². The van der Waals surface area contributed by atoms with Crippen molar-refractivity contribution >= 4 is 11.6 Å². The number of ether oxygens (including phenoxy) is 1. The van der Waals surface area contributed by atoms with Gasteiger partial charge in [0.05, 0.1) is 7.11 Å². The van der Waals surface area contributed by atoms with E-state index >= 15 is 0 Å². The van der Waals surface area contributed by atoms with Crippen LogP contribution in [-0.4, -0.2) is 39.4 Å². The Morgan fingerprint density at radius 2 is 2.35 bits per heavy atom. The van der Waals surface area contributed by atoms with Crippen LogP contribution in [-0.2, 0) is 11.2 Å². The Bertz CT molecular complexity index is 536. The minimum atomic E-state index is -0.434. The lowest BCUT2D eigenvalue weighted by Gasteiger charge is -2.02. The number of hydrogen-bond acceptors (Lipinski definition) is 5. The number of aryl methyl sites for hydroxylation is 1. The number of carbonyl (C=O) groups is 1. The van der Waals surface area contributed by atoms with Crippen LogP contribution in [0.15, 0.2) is 18.3 Å². The number of rotatable bonds is 4. The molecular formula is C11H13N3O3. The highest BCUT2D eigenvalue weighted by Crippen LogP contribution is 2.12. The van der Waals surface area contributed by atoms with E-state index in [0.717, 1.165) is 5.82 Å². The first-order valence-corrected chi connectivity index (χ1v) is 5.29. The highest BCUT2D eigenvalue weighted by Gasteiger charge is 2.14. The molecule has 17 heavy (non-hydrogen) atoms. The second-order valence-corrected chi connectivity index (χ2v) is 3.55. The smallest absolute Gasteiger partial charge is 0.341 e. The fourth-order valence-electron chi connectivity index (χ4n) is 1.64. The Hall–Kier alpha value is -1.95. The van der Waals surface area contributed by atoms with E-state index in [-0.39, 0.29) is 6.61 Å². The Morgan fingerprint density at radius 3 is 3.06 bits per heavy atom. The molecule has 0 bridgehead atoms. The van der Waals surface area contributed by atoms with Gasteiger partial charge in [-0.2, -0.15) is 0 Å². The number of pyridine rings is 1. The van der Waals surface area contributed by atoms with Crippen molar-refractivity contribution in [1.29, 1.82) is 0 Å². The number of fused-ring (bicyclic) bond motifs is 1. The topological polar surface area (TPSA) is 76.7 Å². The second kappa shape index (κ2) is 4.92. The third-order valence-electron chi connectivity index (χ3n) is 2.47. The molecule has 0 fully saturated rings. The lowest BCUT2D eigenvalue weighted by molar-refractivity contribution is 0.0602. The van der Waals surface area contributed by atoms with Crippen LogP contribution in [0.3, 0.4) is 0 Å². The van der Waals surface area contributed by atoms with Crippen LogP contribution >= 0.6 is 0 Å². The SMILES string of the molecule is COC(=O)c1cccn2c(CCCO)nnc12. The summed E-state index contributed by atoms with van der Waals surface area (Å²) in [5, 5.41) is 16.8. The normalized spacial score (nSPS) is 10.7. The molecule has 0 aliphatic carbocycles. The molecule has 2 aromatic heterocycles. The molecule has 0 saturated carbocycles. The predicted molar refractivity (Wildman–Crippen MR) is 59.7 cm³/mol. The van der Waals surface area contributed by atoms with Crippen LogP contribution in [0.5, 0.6) is 0 Å². The molecule has 0 unspecified atom stereocenters. The molecule has 6 nitrogen and oxygen atoms in total. The van der Waals surface area contributed by atoms with Crippen molar-refractivity contribution < 1.29 is 14.6 Å². The molecule has 1 N–H and O–H groups in total. The zero-order valence-corrected chi connectivity index (χ0v) is 9.46. The molecule has 90 valence electrons. The molecule has 0 aliphatic heterocycles. The van der Waals surface area contributed by atoms with Gasteiger partial charge in [-0.05, 0) is 18.6 Å². The van der Waals surface area contributed by atoms with Crippen molar-refractivity contribution in [3.8, 4) is 0 Å². The van der Waals surface area contributed by atoms with Crippen LogP contribution in [0.4, 0.5) is 0 Å². The van der Waals surface area contributed by atoms with E-state index in [4.69, 9.17) is 5.11 Å². The summed E-state index contributed by atoms with van der Waals surface area (Å²) in [6.07, 6.45) is 3.01. The average Bonchev–Trinajstić information content (AvgIpc) is 2.78. The van der Waals surface area contributed by atoms with Crippen molar-refractivity contribution in [3.05, 3.63) is 29.7 Å². The fraction of sp³-hybridized carbons (Fsp3) is 0.364. The molecule has 2 rings (SSSR count). The van der Waals surface area contributed by atoms with Crippen molar-refractivity contribution in [2.24, 2.45) is 0 Å². The summed E-state index contributed by atoms with van der Waals surface area (Å²) in [5.74, 6) is 0.288. The first-order chi connectivity index (χ1) is 8.27. The van der Waals surface area contributed by atoms with Gasteiger partial charge in [-0.3, -0.25) is 4.40 Å². The summed E-state index contributed by atoms with van der Waals surface area (Å²) in [7, 11) is 1.33. The number of hydrogen-bond donors (Lipinski definition) is 1. The first kappa shape index (κ1) is 11.5. The molecular weight excluding hydrogens is 222 g/mol. The Labute approximate surface area is 97.9 Å². The second-order valence-electron chi connectivity index (χ2n) is 3.55. The minimum Gasteiger partial charge on any atom is -0.465 e. The molecule has 0 spiro atoms. The van der Waals surface area contributed by atoms with Crippen molar-refractivity contribution in [2.45, 2.75) is 12.8 Å². The van der Waals surface area contributed by atoms with Gasteiger partial charge in [0.2, 0.25) is 0 Å². The van der Waals surface area contributed by atoms with Crippen molar-refractivity contribution in [1.82, 2.24) is 14.6 Å². The lowest BCUT2D eigenvalue weighted by Crippen LogP contribution is -2.05. The van der Waals surface area contributed by atoms with Crippen LogP contribution < -0.4 is 0 Å². The highest BCUT2D eigenvalue weighted by atomic mass is 16.5. The zero-order valence-electron chi connectivity index (χ0n) is 9.46. The maximum atomic E-state index is 11.5. The molecule has 0 saturated heterocycles. The number of carbonyl (C=O) groups excluding carboxylic acids is 1. The zero-order chi connectivity index (χ0) is 12.3. The summed E-state index contributed by atoms with van der Waals surface area (Å²) < 4.78 is 6.41. The summed E-state index contributed by atoms with van der Waals surface area (Å²) in [5.41, 5.74) is 0.866. The molecule has 0 atom stereocenters. The summed E-state index contributed by atoms with van der Waals surface area (Å²) in [6.45, 7) is 0.103. The van der Waals surface area contributed by atoms with E-state index in [9.17, 15) is 4.79 Å². The van der Waals surface area contributed by atoms with E-state index in [1.54, 1.807) is 22.7 Å². The van der Waals surface area contributed by atoms with Gasteiger partial charge in [0.1, 0.15) is 11.4 Å². The summed E-state index contributed by atoms with van der Waals surface area (Å²) in [4.78, 5) is 11.5. The first-order valence-electron chi connectivity index (χ1n) is 5.29. The fourth-order valence-corrected chi connectivity index (χ4v) is 1.64. The quantitative estimate of drug-likeness (QED) is 0.778. The van der Waals surface area contributed by atoms with Crippen LogP contribution in [0.25, 0.3) is 5.65 Å². The van der Waals surface area contributed by atoms with Gasteiger partial charge in [0.15, 0.2) is 5.65 Å². The van der Waals surface area contributed by atoms with Gasteiger partial charge < -0.3 is 9.84 Å². The molecule has 0 amide bonds. The van der Waals surface area contributed by atoms with Crippen LogP contribution in [0.2, 0.25) is 0 Å². The number of methoxy groups -OCH3 is 1. The van der Waals surface area contributed by atoms with E-state index in [1.807, 2.05) is 0 Å². The van der Waals surface area contributed by atoms with E-state index < -0.39 is 5.97 Å². The molecule has 0 aromatic carbocycles. The summed E-state index contributed by atoms with van der Waals surface area (Å²) >= 11 is 0. The van der Waals surface area contributed by atoms with Crippen LogP contribution in [0, 0.1) is 0 Å². The van der Waals surface area contributed by atoms with E-state index in [0.29, 0.717) is 24.1 Å². The molecule has 6 heteroatoms. The van der Waals surface area contributed by atoms with Gasteiger partial charge in [0, 0.05) is 19.2 Å². The van der Waals surface area contributed by atoms with Crippen LogP contribution in [0.1, 0.15) is 22.6 Å². The number of aromatic nitrogens is 3. The van der Waals surface area contributed by atoms with E-state index in [1.165, 1.54) is 7.11 Å². The molecule has 0 aliphatic rings. The average molecular weight is 235 g/mol. The Balaban J connectivity index is 2.45. The van der Waals surface area contributed by atoms with Gasteiger partial charge >= 0.3 is 5.97 Å². The predicted octanol–water partition coefficient (Wildman–Crippen LogP) is 0.441. The third kappa shape index (κ3) is 2.12. The Morgan fingerprint density at radius 1 is 1.53 bits per heavy atom. The molecule has 0 radical (unpaired) electrons. The van der Waals surface area contributed by atoms with Gasteiger partial charge in [-0.15, -0.1) is 10.2 Å². The maximum absolute atomic E-state index is 11.5. The lowest BCUT2D eigenvalue weighted by atomic mass is 10.2. The number of nitrogens with zero attached hydrogens (tertiary/aromatic N) is 3. The minimum absolute atomic E-state index is 0.103. The van der Waals surface area contributed by atoms with Crippen molar-refractivity contribution in [2.75, 3.05) is 13.7 Å². The number of esters is 1. The van der Waals surface area contributed by atoms with Gasteiger partial charge in [0.25, 0.3) is 0 Å². The number of aliphatic hydroxyl groups excluding tert-OH is 1.